The molecule has 0 amide bonds. The Morgan fingerprint density at radius 3 is 2.33 bits per heavy atom. The van der Waals surface area contributed by atoms with Crippen molar-refractivity contribution in [1.82, 2.24) is 25.1 Å². The Kier molecular flexibility index (Phi) is 5.14. The third kappa shape index (κ3) is 4.15. The molecule has 3 heterocycles. The first-order chi connectivity index (χ1) is 13.2. The number of hydrogen-bond acceptors (Lipinski definition) is 4. The van der Waals surface area contributed by atoms with E-state index in [1.807, 2.05) is 30.7 Å². The maximum Gasteiger partial charge on any atom is 0.133 e. The number of benzene rings is 1. The van der Waals surface area contributed by atoms with Crippen LogP contribution in [0.3, 0.4) is 0 Å². The number of halogens is 1. The van der Waals surface area contributed by atoms with Gasteiger partial charge in [0.15, 0.2) is 0 Å². The molecule has 4 aromatic rings. The van der Waals surface area contributed by atoms with Gasteiger partial charge in [0, 0.05) is 50.0 Å². The molecule has 0 radical (unpaired) electrons. The van der Waals surface area contributed by atoms with Crippen LogP contribution in [-0.4, -0.2) is 25.1 Å². The highest BCUT2D eigenvalue weighted by molar-refractivity contribution is 6.34. The van der Waals surface area contributed by atoms with E-state index in [4.69, 9.17) is 11.6 Å². The Bertz CT molecular complexity index is 1030. The van der Waals surface area contributed by atoms with Crippen LogP contribution in [0.25, 0.3) is 10.9 Å². The third-order valence-corrected chi connectivity index (χ3v) is 4.86. The molecule has 5 nitrogen and oxygen atoms in total. The second-order valence-electron chi connectivity index (χ2n) is 6.72. The normalized spacial score (nSPS) is 11.4. The Morgan fingerprint density at radius 1 is 0.889 bits per heavy atom. The summed E-state index contributed by atoms with van der Waals surface area (Å²) in [5.74, 6) is 0. The van der Waals surface area contributed by atoms with E-state index < -0.39 is 0 Å². The number of aromatic amines is 1. The van der Waals surface area contributed by atoms with Gasteiger partial charge in [-0.2, -0.15) is 5.10 Å². The number of nitrogens with one attached hydrogen (secondary N) is 1. The largest absolute Gasteiger partial charge is 0.290 e. The summed E-state index contributed by atoms with van der Waals surface area (Å²) in [6.45, 7) is 4.47. The average molecular weight is 378 g/mol. The molecule has 1 N–H and O–H groups in total. The van der Waals surface area contributed by atoms with Crippen LogP contribution in [0.4, 0.5) is 0 Å². The maximum atomic E-state index is 6.18. The molecular weight excluding hydrogens is 358 g/mol. The number of fused-ring (bicyclic) bond motifs is 1. The summed E-state index contributed by atoms with van der Waals surface area (Å²) in [5.41, 5.74) is 5.68. The molecule has 0 aliphatic carbocycles. The summed E-state index contributed by atoms with van der Waals surface area (Å²) in [6.07, 6.45) is 7.27. The number of H-pyrrole nitrogens is 1. The number of nitrogens with zero attached hydrogens (tertiary/aromatic N) is 4. The van der Waals surface area contributed by atoms with Gasteiger partial charge in [0.1, 0.15) is 10.7 Å². The Labute approximate surface area is 163 Å². The van der Waals surface area contributed by atoms with Gasteiger partial charge in [0.25, 0.3) is 0 Å². The summed E-state index contributed by atoms with van der Waals surface area (Å²) in [4.78, 5) is 10.8. The van der Waals surface area contributed by atoms with Gasteiger partial charge in [-0.1, -0.05) is 41.4 Å². The molecule has 0 unspecified atom stereocenters. The van der Waals surface area contributed by atoms with Crippen LogP contribution < -0.4 is 0 Å². The Balaban J connectivity index is 1.63. The second-order valence-corrected chi connectivity index (χ2v) is 7.10. The van der Waals surface area contributed by atoms with E-state index >= 15 is 0 Å². The zero-order valence-corrected chi connectivity index (χ0v) is 15.8. The lowest BCUT2D eigenvalue weighted by Crippen LogP contribution is -2.22. The number of pyridine rings is 2. The van der Waals surface area contributed by atoms with Crippen LogP contribution in [0.5, 0.6) is 0 Å². The van der Waals surface area contributed by atoms with Gasteiger partial charge in [0.05, 0.1) is 5.39 Å². The molecule has 0 saturated carbocycles. The average Bonchev–Trinajstić information content (AvgIpc) is 3.07. The first-order valence-electron chi connectivity index (χ1n) is 8.82. The highest BCUT2D eigenvalue weighted by atomic mass is 35.5. The maximum absolute atomic E-state index is 6.18. The molecule has 4 rings (SSSR count). The molecule has 0 aliphatic heterocycles. The zero-order valence-electron chi connectivity index (χ0n) is 15.1. The Hall–Kier alpha value is -2.76. The number of rotatable bonds is 6. The van der Waals surface area contributed by atoms with E-state index in [9.17, 15) is 0 Å². The molecule has 136 valence electrons. The molecule has 1 aromatic carbocycles. The second kappa shape index (κ2) is 7.86. The van der Waals surface area contributed by atoms with E-state index in [2.05, 4.69) is 56.3 Å². The molecule has 0 fully saturated rings. The van der Waals surface area contributed by atoms with Crippen molar-refractivity contribution in [2.45, 2.75) is 26.6 Å². The lowest BCUT2D eigenvalue weighted by atomic mass is 10.1. The lowest BCUT2D eigenvalue weighted by Gasteiger charge is -2.23. The van der Waals surface area contributed by atoms with Crippen LogP contribution >= 0.6 is 11.6 Å². The molecule has 27 heavy (non-hydrogen) atoms. The minimum atomic E-state index is 0.526. The van der Waals surface area contributed by atoms with E-state index in [0.717, 1.165) is 36.1 Å². The van der Waals surface area contributed by atoms with Gasteiger partial charge in [0.2, 0.25) is 0 Å². The molecule has 0 atom stereocenters. The molecule has 6 heteroatoms. The van der Waals surface area contributed by atoms with Gasteiger partial charge in [-0.15, -0.1) is 0 Å². The number of aromatic nitrogens is 4. The summed E-state index contributed by atoms with van der Waals surface area (Å²) >= 11 is 6.18. The van der Waals surface area contributed by atoms with E-state index in [0.29, 0.717) is 5.15 Å². The fourth-order valence-corrected chi connectivity index (χ4v) is 3.36. The minimum Gasteiger partial charge on any atom is -0.290 e. The van der Waals surface area contributed by atoms with Gasteiger partial charge in [-0.3, -0.25) is 20.0 Å². The quantitative estimate of drug-likeness (QED) is 0.536. The summed E-state index contributed by atoms with van der Waals surface area (Å²) in [7, 11) is 0. The summed E-state index contributed by atoms with van der Waals surface area (Å²) in [5, 5.41) is 8.59. The van der Waals surface area contributed by atoms with Crippen LogP contribution in [-0.2, 0) is 19.6 Å². The van der Waals surface area contributed by atoms with E-state index in [1.54, 1.807) is 6.20 Å². The SMILES string of the molecule is Cc1ccc(CN(Cc2ccncc2)Cc2cncc3c(Cl)[nH]nc23)cc1. The number of aryl methyl sites for hydroxylation is 1. The van der Waals surface area contributed by atoms with Gasteiger partial charge in [-0.25, -0.2) is 0 Å². The monoisotopic (exact) mass is 377 g/mol. The van der Waals surface area contributed by atoms with Gasteiger partial charge < -0.3 is 0 Å². The van der Waals surface area contributed by atoms with Gasteiger partial charge in [-0.05, 0) is 30.2 Å². The van der Waals surface area contributed by atoms with E-state index in [-0.39, 0.29) is 0 Å². The van der Waals surface area contributed by atoms with Crippen LogP contribution in [0.1, 0.15) is 22.3 Å². The number of hydrogen-bond donors (Lipinski definition) is 1. The first-order valence-corrected chi connectivity index (χ1v) is 9.20. The topological polar surface area (TPSA) is 57.7 Å². The predicted molar refractivity (Wildman–Crippen MR) is 107 cm³/mol. The van der Waals surface area contributed by atoms with Crippen molar-refractivity contribution in [2.75, 3.05) is 0 Å². The molecule has 0 spiro atoms. The van der Waals surface area contributed by atoms with Crippen LogP contribution in [0, 0.1) is 6.92 Å². The highest BCUT2D eigenvalue weighted by Crippen LogP contribution is 2.24. The van der Waals surface area contributed by atoms with Crippen molar-refractivity contribution in [3.8, 4) is 0 Å². The third-order valence-electron chi connectivity index (χ3n) is 4.57. The van der Waals surface area contributed by atoms with Crippen LogP contribution in [0.15, 0.2) is 61.2 Å². The fraction of sp³-hybridized carbons (Fsp3) is 0.190. The van der Waals surface area contributed by atoms with Crippen molar-refractivity contribution < 1.29 is 0 Å². The van der Waals surface area contributed by atoms with Crippen molar-refractivity contribution in [3.63, 3.8) is 0 Å². The lowest BCUT2D eigenvalue weighted by molar-refractivity contribution is 0.248. The highest BCUT2D eigenvalue weighted by Gasteiger charge is 2.14. The van der Waals surface area contributed by atoms with Gasteiger partial charge >= 0.3 is 0 Å². The van der Waals surface area contributed by atoms with Crippen molar-refractivity contribution in [2.24, 2.45) is 0 Å². The van der Waals surface area contributed by atoms with E-state index in [1.165, 1.54) is 16.7 Å². The Morgan fingerprint density at radius 2 is 1.59 bits per heavy atom. The smallest absolute Gasteiger partial charge is 0.133 e. The molecule has 0 bridgehead atoms. The minimum absolute atomic E-state index is 0.526. The van der Waals surface area contributed by atoms with Crippen molar-refractivity contribution >= 4 is 22.5 Å². The zero-order chi connectivity index (χ0) is 18.6. The molecule has 0 aliphatic rings. The predicted octanol–water partition coefficient (Wildman–Crippen LogP) is 4.52. The first kappa shape index (κ1) is 17.6. The summed E-state index contributed by atoms with van der Waals surface area (Å²) < 4.78 is 0. The standard InChI is InChI=1S/C21H20ClN5/c1-15-2-4-16(5-3-15)12-27(13-17-6-8-23-9-7-17)14-18-10-24-11-19-20(18)25-26-21(19)22/h2-11H,12-14H2,1H3,(H,25,26). The molecule has 0 saturated heterocycles. The fourth-order valence-electron chi connectivity index (χ4n) is 3.18. The van der Waals surface area contributed by atoms with Crippen molar-refractivity contribution in [3.05, 3.63) is 88.6 Å². The van der Waals surface area contributed by atoms with Crippen molar-refractivity contribution in [1.29, 1.82) is 0 Å². The van der Waals surface area contributed by atoms with Crippen LogP contribution in [0.2, 0.25) is 5.15 Å². The molecule has 3 aromatic heterocycles. The molecular formula is C21H20ClN5. The summed E-state index contributed by atoms with van der Waals surface area (Å²) in [6, 6.07) is 12.8.